The predicted molar refractivity (Wildman–Crippen MR) is 122 cm³/mol. The number of pyridine rings is 1. The molecule has 0 bridgehead atoms. The highest BCUT2D eigenvalue weighted by molar-refractivity contribution is 5.77. The van der Waals surface area contributed by atoms with Crippen LogP contribution in [-0.2, 0) is 9.63 Å². The summed E-state index contributed by atoms with van der Waals surface area (Å²) in [5, 5.41) is 20.6. The molecule has 0 aliphatic carbocycles. The van der Waals surface area contributed by atoms with Crippen LogP contribution in [0.4, 0.5) is 21.6 Å². The Bertz CT molecular complexity index is 1200. The van der Waals surface area contributed by atoms with Crippen LogP contribution in [0, 0.1) is 11.7 Å². The number of anilines is 3. The Labute approximate surface area is 189 Å². The number of carboxylic acids is 1. The van der Waals surface area contributed by atoms with Crippen molar-refractivity contribution in [2.45, 2.75) is 12.8 Å². The van der Waals surface area contributed by atoms with Crippen LogP contribution >= 0.6 is 0 Å². The monoisotopic (exact) mass is 450 g/mol. The van der Waals surface area contributed by atoms with E-state index in [2.05, 4.69) is 20.5 Å². The zero-order valence-corrected chi connectivity index (χ0v) is 18.0. The number of hydrogen-bond acceptors (Lipinski definition) is 7. The zero-order valence-electron chi connectivity index (χ0n) is 18.0. The molecular weight excluding hydrogens is 427 g/mol. The molecule has 2 aromatic heterocycles. The number of nitrogens with one attached hydrogen (secondary N) is 2. The standard InChI is InChI=1S/C23H23FN6O3/c1-29-19-6-5-16(18-8-9-26-28-18)22(24)17(19)11-21(33-29)27-20-7-4-15(12-25-20)30-10-2-3-14(13-30)23(31)32/h4-9,11-12,14H,2-3,10,13H2,1H3,(H,25,27)(H,26,28)(H,31,32)/t14-/m0/s1. The summed E-state index contributed by atoms with van der Waals surface area (Å²) >= 11 is 0. The molecule has 1 fully saturated rings. The van der Waals surface area contributed by atoms with E-state index in [4.69, 9.17) is 4.84 Å². The van der Waals surface area contributed by atoms with Gasteiger partial charge in [-0.25, -0.2) is 14.4 Å². The number of carboxylic acid groups (broad SMARTS) is 1. The maximum atomic E-state index is 15.3. The van der Waals surface area contributed by atoms with E-state index in [9.17, 15) is 9.90 Å². The van der Waals surface area contributed by atoms with E-state index in [0.29, 0.717) is 47.2 Å². The zero-order chi connectivity index (χ0) is 22.9. The van der Waals surface area contributed by atoms with Gasteiger partial charge in [0.05, 0.1) is 29.2 Å². The molecule has 33 heavy (non-hydrogen) atoms. The van der Waals surface area contributed by atoms with Crippen LogP contribution in [0.25, 0.3) is 17.3 Å². The van der Waals surface area contributed by atoms with Crippen LogP contribution < -0.4 is 15.3 Å². The molecule has 3 aromatic rings. The molecule has 9 nitrogen and oxygen atoms in total. The maximum absolute atomic E-state index is 15.3. The number of carbonyl (C=O) groups is 1. The van der Waals surface area contributed by atoms with Crippen LogP contribution in [0.15, 0.2) is 48.6 Å². The van der Waals surface area contributed by atoms with Gasteiger partial charge >= 0.3 is 5.97 Å². The number of hydrogen-bond donors (Lipinski definition) is 3. The lowest BCUT2D eigenvalue weighted by Gasteiger charge is -2.32. The van der Waals surface area contributed by atoms with Gasteiger partial charge in [0.2, 0.25) is 5.88 Å². The molecule has 0 amide bonds. The molecule has 170 valence electrons. The Kier molecular flexibility index (Phi) is 5.33. The van der Waals surface area contributed by atoms with Gasteiger partial charge in [-0.05, 0) is 43.2 Å². The van der Waals surface area contributed by atoms with E-state index in [-0.39, 0.29) is 11.7 Å². The first-order valence-electron chi connectivity index (χ1n) is 10.7. The number of aliphatic carboxylic acids is 1. The molecule has 0 spiro atoms. The summed E-state index contributed by atoms with van der Waals surface area (Å²) in [6.07, 6.45) is 6.40. The van der Waals surface area contributed by atoms with Gasteiger partial charge in [-0.2, -0.15) is 5.10 Å². The molecule has 2 aliphatic rings. The van der Waals surface area contributed by atoms with Crippen LogP contribution in [0.1, 0.15) is 18.4 Å². The molecule has 10 heteroatoms. The van der Waals surface area contributed by atoms with Crippen LogP contribution in [-0.4, -0.2) is 46.4 Å². The average Bonchev–Trinajstić information content (AvgIpc) is 3.35. The minimum Gasteiger partial charge on any atom is -0.481 e. The van der Waals surface area contributed by atoms with Gasteiger partial charge < -0.3 is 20.2 Å². The second kappa shape index (κ2) is 8.45. The van der Waals surface area contributed by atoms with Gasteiger partial charge in [0.1, 0.15) is 11.6 Å². The van der Waals surface area contributed by atoms with E-state index in [1.54, 1.807) is 49.8 Å². The molecular formula is C23H23FN6O3. The van der Waals surface area contributed by atoms with Gasteiger partial charge in [-0.3, -0.25) is 9.89 Å². The number of benzene rings is 1. The molecule has 0 saturated carbocycles. The smallest absolute Gasteiger partial charge is 0.308 e. The number of halogens is 1. The van der Waals surface area contributed by atoms with Crippen molar-refractivity contribution in [1.29, 1.82) is 0 Å². The lowest BCUT2D eigenvalue weighted by Crippen LogP contribution is -2.38. The van der Waals surface area contributed by atoms with E-state index in [0.717, 1.165) is 18.7 Å². The number of rotatable bonds is 5. The van der Waals surface area contributed by atoms with Crippen molar-refractivity contribution in [2.75, 3.05) is 35.4 Å². The number of hydroxylamine groups is 1. The SMILES string of the molecule is CN1OC(Nc2ccc(N3CCC[C@H](C(=O)O)C3)cn2)=Cc2c1ccc(-c1ccn[nH]1)c2F. The molecule has 1 saturated heterocycles. The van der Waals surface area contributed by atoms with Gasteiger partial charge in [-0.15, -0.1) is 0 Å². The number of aromatic nitrogens is 3. The molecule has 3 N–H and O–H groups in total. The number of nitrogens with zero attached hydrogens (tertiary/aromatic N) is 4. The number of fused-ring (bicyclic) bond motifs is 1. The quantitative estimate of drug-likeness (QED) is 0.540. The molecule has 4 heterocycles. The number of piperidine rings is 1. The Morgan fingerprint density at radius 2 is 2.18 bits per heavy atom. The fourth-order valence-electron chi connectivity index (χ4n) is 4.21. The molecule has 1 aromatic carbocycles. The molecule has 1 atom stereocenters. The summed E-state index contributed by atoms with van der Waals surface area (Å²) in [5.74, 6) is -0.657. The van der Waals surface area contributed by atoms with Crippen molar-refractivity contribution in [3.05, 3.63) is 60.0 Å². The van der Waals surface area contributed by atoms with Gasteiger partial charge in [-0.1, -0.05) is 0 Å². The van der Waals surface area contributed by atoms with Gasteiger partial charge in [0.25, 0.3) is 0 Å². The maximum Gasteiger partial charge on any atom is 0.308 e. The Morgan fingerprint density at radius 3 is 2.91 bits per heavy atom. The van der Waals surface area contributed by atoms with Gasteiger partial charge in [0, 0.05) is 43.5 Å². The predicted octanol–water partition coefficient (Wildman–Crippen LogP) is 3.70. The molecule has 2 aliphatic heterocycles. The minimum absolute atomic E-state index is 0.329. The Hall–Kier alpha value is -4.08. The lowest BCUT2D eigenvalue weighted by atomic mass is 9.98. The normalized spacial score (nSPS) is 17.8. The number of H-pyrrole nitrogens is 1. The summed E-state index contributed by atoms with van der Waals surface area (Å²) in [5.41, 5.74) is 2.86. The summed E-state index contributed by atoms with van der Waals surface area (Å²) in [6, 6.07) is 8.86. The third kappa shape index (κ3) is 4.07. The highest BCUT2D eigenvalue weighted by Crippen LogP contribution is 2.35. The molecule has 0 radical (unpaired) electrons. The Balaban J connectivity index is 1.36. The molecule has 5 rings (SSSR count). The van der Waals surface area contributed by atoms with Crippen LogP contribution in [0.2, 0.25) is 0 Å². The third-order valence-corrected chi connectivity index (χ3v) is 5.93. The van der Waals surface area contributed by atoms with Crippen molar-refractivity contribution in [1.82, 2.24) is 15.2 Å². The highest BCUT2D eigenvalue weighted by Gasteiger charge is 2.26. The Morgan fingerprint density at radius 1 is 1.30 bits per heavy atom. The van der Waals surface area contributed by atoms with Crippen molar-refractivity contribution < 1.29 is 19.1 Å². The van der Waals surface area contributed by atoms with E-state index in [1.165, 1.54) is 5.06 Å². The van der Waals surface area contributed by atoms with Crippen molar-refractivity contribution >= 4 is 29.2 Å². The summed E-state index contributed by atoms with van der Waals surface area (Å²) in [4.78, 5) is 23.6. The topological polar surface area (TPSA) is 107 Å². The van der Waals surface area contributed by atoms with E-state index >= 15 is 4.39 Å². The summed E-state index contributed by atoms with van der Waals surface area (Å²) in [7, 11) is 1.70. The van der Waals surface area contributed by atoms with Crippen LogP contribution in [0.3, 0.4) is 0 Å². The first-order chi connectivity index (χ1) is 16.0. The average molecular weight is 450 g/mol. The fraction of sp³-hybridized carbons (Fsp3) is 0.261. The lowest BCUT2D eigenvalue weighted by molar-refractivity contribution is -0.141. The van der Waals surface area contributed by atoms with Crippen molar-refractivity contribution in [3.8, 4) is 11.3 Å². The highest BCUT2D eigenvalue weighted by atomic mass is 19.1. The largest absolute Gasteiger partial charge is 0.481 e. The number of aromatic amines is 1. The third-order valence-electron chi connectivity index (χ3n) is 5.93. The van der Waals surface area contributed by atoms with E-state index < -0.39 is 5.97 Å². The van der Waals surface area contributed by atoms with Crippen molar-refractivity contribution in [3.63, 3.8) is 0 Å². The minimum atomic E-state index is -0.764. The van der Waals surface area contributed by atoms with Crippen molar-refractivity contribution in [2.24, 2.45) is 5.92 Å². The second-order valence-corrected chi connectivity index (χ2v) is 8.08. The van der Waals surface area contributed by atoms with Crippen LogP contribution in [0.5, 0.6) is 0 Å². The summed E-state index contributed by atoms with van der Waals surface area (Å²) in [6.45, 7) is 1.27. The van der Waals surface area contributed by atoms with E-state index in [1.807, 2.05) is 11.0 Å². The first-order valence-corrected chi connectivity index (χ1v) is 10.7. The molecule has 0 unspecified atom stereocenters. The fourth-order valence-corrected chi connectivity index (χ4v) is 4.21. The second-order valence-electron chi connectivity index (χ2n) is 8.08. The first kappa shape index (κ1) is 20.8. The summed E-state index contributed by atoms with van der Waals surface area (Å²) < 4.78 is 15.3. The van der Waals surface area contributed by atoms with Gasteiger partial charge in [0.15, 0.2) is 0 Å².